The van der Waals surface area contributed by atoms with Gasteiger partial charge >= 0.3 is 5.97 Å². The van der Waals surface area contributed by atoms with Crippen LogP contribution >= 0.6 is 0 Å². The van der Waals surface area contributed by atoms with Gasteiger partial charge in [-0.05, 0) is 25.1 Å². The lowest BCUT2D eigenvalue weighted by molar-refractivity contribution is -0.143. The maximum absolute atomic E-state index is 12.7. The molecule has 2 rings (SSSR count). The second-order valence-electron chi connectivity index (χ2n) is 5.61. The molecule has 0 saturated heterocycles. The highest BCUT2D eigenvalue weighted by atomic mass is 16.6. The van der Waals surface area contributed by atoms with Crippen LogP contribution in [0.3, 0.4) is 0 Å². The molecule has 6 heteroatoms. The Kier molecular flexibility index (Phi) is 5.98. The van der Waals surface area contributed by atoms with E-state index in [1.165, 1.54) is 0 Å². The first-order chi connectivity index (χ1) is 11.0. The van der Waals surface area contributed by atoms with Crippen molar-refractivity contribution in [2.75, 3.05) is 19.8 Å². The Morgan fingerprint density at radius 3 is 2.57 bits per heavy atom. The van der Waals surface area contributed by atoms with Crippen LogP contribution in [0.1, 0.15) is 37.6 Å². The lowest BCUT2D eigenvalue weighted by Gasteiger charge is -2.22. The van der Waals surface area contributed by atoms with Gasteiger partial charge in [0.2, 0.25) is 0 Å². The molecule has 1 unspecified atom stereocenters. The van der Waals surface area contributed by atoms with Gasteiger partial charge in [-0.25, -0.2) is 0 Å². The van der Waals surface area contributed by atoms with E-state index in [2.05, 4.69) is 5.32 Å². The first-order valence-electron chi connectivity index (χ1n) is 7.86. The second-order valence-corrected chi connectivity index (χ2v) is 5.61. The van der Waals surface area contributed by atoms with E-state index in [0.717, 1.165) is 0 Å². The highest BCUT2D eigenvalue weighted by Gasteiger charge is 2.25. The summed E-state index contributed by atoms with van der Waals surface area (Å²) in [5.74, 6) is 0.633. The number of rotatable bonds is 7. The van der Waals surface area contributed by atoms with Crippen molar-refractivity contribution < 1.29 is 23.8 Å². The van der Waals surface area contributed by atoms with Crippen molar-refractivity contribution in [2.45, 2.75) is 39.3 Å². The van der Waals surface area contributed by atoms with Crippen molar-refractivity contribution in [3.63, 3.8) is 0 Å². The summed E-state index contributed by atoms with van der Waals surface area (Å²) in [6.45, 7) is 6.85. The van der Waals surface area contributed by atoms with E-state index < -0.39 is 12.0 Å². The van der Waals surface area contributed by atoms with Gasteiger partial charge < -0.3 is 19.5 Å². The van der Waals surface area contributed by atoms with Gasteiger partial charge in [0, 0.05) is 11.6 Å². The lowest BCUT2D eigenvalue weighted by Crippen LogP contribution is -2.42. The molecule has 1 atom stereocenters. The van der Waals surface area contributed by atoms with Crippen molar-refractivity contribution in [3.8, 4) is 11.5 Å². The van der Waals surface area contributed by atoms with Gasteiger partial charge in [0.1, 0.15) is 13.2 Å². The zero-order valence-corrected chi connectivity index (χ0v) is 13.8. The molecular weight excluding hydrogens is 298 g/mol. The van der Waals surface area contributed by atoms with Gasteiger partial charge in [-0.3, -0.25) is 9.59 Å². The molecule has 0 radical (unpaired) electrons. The van der Waals surface area contributed by atoms with Crippen LogP contribution in [0.15, 0.2) is 18.2 Å². The number of carbonyl (C=O) groups is 2. The summed E-state index contributed by atoms with van der Waals surface area (Å²) in [6, 6.07) is 4.51. The Morgan fingerprint density at radius 2 is 1.91 bits per heavy atom. The number of Topliss-reactive ketones (excluding diaryl/α,β-unsaturated/α-hetero) is 1. The van der Waals surface area contributed by atoms with Crippen LogP contribution in [0.25, 0.3) is 0 Å². The standard InChI is InChI=1S/C17H23NO5/c1-4-21-16(19)10-13(18-11(2)3)17(20)12-5-6-14-15(9-12)23-8-7-22-14/h5-6,9,11,13,18H,4,7-8,10H2,1-3H3. The summed E-state index contributed by atoms with van der Waals surface area (Å²) in [5, 5.41) is 3.13. The van der Waals surface area contributed by atoms with Gasteiger partial charge in [-0.2, -0.15) is 0 Å². The average molecular weight is 321 g/mol. The van der Waals surface area contributed by atoms with Gasteiger partial charge in [0.15, 0.2) is 17.3 Å². The van der Waals surface area contributed by atoms with Crippen LogP contribution in [0.2, 0.25) is 0 Å². The number of ether oxygens (including phenoxy) is 3. The number of hydrogen-bond acceptors (Lipinski definition) is 6. The Morgan fingerprint density at radius 1 is 1.22 bits per heavy atom. The van der Waals surface area contributed by atoms with Crippen molar-refractivity contribution in [2.24, 2.45) is 0 Å². The van der Waals surface area contributed by atoms with Gasteiger partial charge in [-0.15, -0.1) is 0 Å². The summed E-state index contributed by atoms with van der Waals surface area (Å²) in [5.41, 5.74) is 0.483. The molecule has 1 heterocycles. The van der Waals surface area contributed by atoms with E-state index in [1.807, 2.05) is 13.8 Å². The van der Waals surface area contributed by atoms with E-state index in [-0.39, 0.29) is 18.2 Å². The number of ketones is 1. The van der Waals surface area contributed by atoms with Gasteiger partial charge in [-0.1, -0.05) is 13.8 Å². The van der Waals surface area contributed by atoms with Crippen LogP contribution in [0, 0.1) is 0 Å². The van der Waals surface area contributed by atoms with E-state index >= 15 is 0 Å². The quantitative estimate of drug-likeness (QED) is 0.611. The topological polar surface area (TPSA) is 73.9 Å². The van der Waals surface area contributed by atoms with Crippen LogP contribution in [0.4, 0.5) is 0 Å². The summed E-state index contributed by atoms with van der Waals surface area (Å²) >= 11 is 0. The zero-order valence-electron chi connectivity index (χ0n) is 13.8. The number of fused-ring (bicyclic) bond motifs is 1. The fraction of sp³-hybridized carbons (Fsp3) is 0.529. The van der Waals surface area contributed by atoms with E-state index in [1.54, 1.807) is 25.1 Å². The normalized spacial score (nSPS) is 14.4. The van der Waals surface area contributed by atoms with Crippen LogP contribution in [0.5, 0.6) is 11.5 Å². The highest BCUT2D eigenvalue weighted by molar-refractivity contribution is 6.02. The maximum Gasteiger partial charge on any atom is 0.307 e. The van der Waals surface area contributed by atoms with Crippen LogP contribution in [-0.2, 0) is 9.53 Å². The minimum Gasteiger partial charge on any atom is -0.486 e. The lowest BCUT2D eigenvalue weighted by atomic mass is 10.00. The second kappa shape index (κ2) is 7.97. The molecule has 1 aliphatic heterocycles. The average Bonchev–Trinajstić information content (AvgIpc) is 2.53. The van der Waals surface area contributed by atoms with Crippen molar-refractivity contribution >= 4 is 11.8 Å². The largest absolute Gasteiger partial charge is 0.486 e. The number of benzene rings is 1. The van der Waals surface area contributed by atoms with Crippen LogP contribution < -0.4 is 14.8 Å². The monoisotopic (exact) mass is 321 g/mol. The third-order valence-electron chi connectivity index (χ3n) is 3.35. The van der Waals surface area contributed by atoms with E-state index in [9.17, 15) is 9.59 Å². The number of hydrogen-bond donors (Lipinski definition) is 1. The molecule has 0 aliphatic carbocycles. The summed E-state index contributed by atoms with van der Waals surface area (Å²) < 4.78 is 15.9. The number of carbonyl (C=O) groups excluding carboxylic acids is 2. The van der Waals surface area contributed by atoms with Crippen molar-refractivity contribution in [1.29, 1.82) is 0 Å². The third-order valence-corrected chi connectivity index (χ3v) is 3.35. The molecule has 0 spiro atoms. The minimum atomic E-state index is -0.628. The minimum absolute atomic E-state index is 0.000699. The predicted molar refractivity (Wildman–Crippen MR) is 85.1 cm³/mol. The zero-order chi connectivity index (χ0) is 16.8. The molecular formula is C17H23NO5. The molecule has 0 amide bonds. The van der Waals surface area contributed by atoms with Crippen molar-refractivity contribution in [3.05, 3.63) is 23.8 Å². The third kappa shape index (κ3) is 4.69. The number of esters is 1. The van der Waals surface area contributed by atoms with E-state index in [0.29, 0.717) is 36.9 Å². The molecule has 1 N–H and O–H groups in total. The predicted octanol–water partition coefficient (Wildman–Crippen LogP) is 1.96. The van der Waals surface area contributed by atoms with Gasteiger partial charge in [0.25, 0.3) is 0 Å². The van der Waals surface area contributed by atoms with Gasteiger partial charge in [0.05, 0.1) is 19.1 Å². The Bertz CT molecular complexity index is 570. The number of nitrogens with one attached hydrogen (secondary N) is 1. The fourth-order valence-corrected chi connectivity index (χ4v) is 2.41. The molecule has 1 aliphatic rings. The molecule has 126 valence electrons. The van der Waals surface area contributed by atoms with E-state index in [4.69, 9.17) is 14.2 Å². The highest BCUT2D eigenvalue weighted by Crippen LogP contribution is 2.31. The molecule has 0 bridgehead atoms. The first kappa shape index (κ1) is 17.3. The Balaban J connectivity index is 2.17. The summed E-state index contributed by atoms with van der Waals surface area (Å²) in [4.78, 5) is 24.5. The molecule has 0 aromatic heterocycles. The Hall–Kier alpha value is -2.08. The smallest absolute Gasteiger partial charge is 0.307 e. The fourth-order valence-electron chi connectivity index (χ4n) is 2.41. The molecule has 6 nitrogen and oxygen atoms in total. The summed E-state index contributed by atoms with van der Waals surface area (Å²) in [7, 11) is 0. The molecule has 0 fully saturated rings. The SMILES string of the molecule is CCOC(=O)CC(NC(C)C)C(=O)c1ccc2c(c1)OCCO2. The van der Waals surface area contributed by atoms with Crippen molar-refractivity contribution in [1.82, 2.24) is 5.32 Å². The maximum atomic E-state index is 12.7. The first-order valence-corrected chi connectivity index (χ1v) is 7.86. The molecule has 0 saturated carbocycles. The molecule has 1 aromatic rings. The van der Waals surface area contributed by atoms with Crippen LogP contribution in [-0.4, -0.2) is 43.7 Å². The molecule has 1 aromatic carbocycles. The molecule has 23 heavy (non-hydrogen) atoms. The Labute approximate surface area is 136 Å². The summed E-state index contributed by atoms with van der Waals surface area (Å²) in [6.07, 6.45) is -0.000699.